The van der Waals surface area contributed by atoms with Crippen molar-refractivity contribution in [2.45, 2.75) is 13.5 Å². The van der Waals surface area contributed by atoms with Crippen LogP contribution >= 0.6 is 0 Å². The molecule has 0 saturated carbocycles. The van der Waals surface area contributed by atoms with Crippen molar-refractivity contribution in [2.24, 2.45) is 4.99 Å². The molecule has 0 atom stereocenters. The van der Waals surface area contributed by atoms with Crippen molar-refractivity contribution in [2.75, 3.05) is 0 Å². The smallest absolute Gasteiger partial charge is 0.0639 e. The van der Waals surface area contributed by atoms with E-state index in [2.05, 4.69) is 41.2 Å². The fourth-order valence-corrected chi connectivity index (χ4v) is 1.40. The highest BCUT2D eigenvalue weighted by Gasteiger charge is 1.89. The summed E-state index contributed by atoms with van der Waals surface area (Å²) < 4.78 is 0. The summed E-state index contributed by atoms with van der Waals surface area (Å²) in [5.41, 5.74) is 3.60. The number of benzene rings is 1. The zero-order chi connectivity index (χ0) is 11.2. The highest BCUT2D eigenvalue weighted by atomic mass is 14.7. The number of aliphatic imine (C=N–C) groups is 1. The molecule has 0 saturated heterocycles. The van der Waals surface area contributed by atoms with E-state index in [0.717, 1.165) is 12.1 Å². The number of hydrogen-bond donors (Lipinski definition) is 0. The minimum atomic E-state index is 0.725. The minimum Gasteiger partial charge on any atom is -0.288 e. The molecule has 0 N–H and O–H groups in total. The minimum absolute atomic E-state index is 0.725. The Kier molecular flexibility index (Phi) is 3.44. The second-order valence-corrected chi connectivity index (χ2v) is 3.74. The van der Waals surface area contributed by atoms with Gasteiger partial charge in [-0.05, 0) is 30.2 Å². The molecule has 0 unspecified atom stereocenters. The fraction of sp³-hybridized carbons (Fsp3) is 0.143. The molecule has 80 valence electrons. The summed E-state index contributed by atoms with van der Waals surface area (Å²) in [6.07, 6.45) is 5.42. The molecule has 0 radical (unpaired) electrons. The van der Waals surface area contributed by atoms with Crippen LogP contribution in [0, 0.1) is 6.92 Å². The quantitative estimate of drug-likeness (QED) is 0.715. The zero-order valence-corrected chi connectivity index (χ0v) is 9.30. The maximum absolute atomic E-state index is 4.39. The van der Waals surface area contributed by atoms with Crippen molar-refractivity contribution in [3.8, 4) is 0 Å². The number of hydrogen-bond acceptors (Lipinski definition) is 2. The van der Waals surface area contributed by atoms with E-state index in [1.54, 1.807) is 12.4 Å². The van der Waals surface area contributed by atoms with E-state index in [4.69, 9.17) is 0 Å². The predicted octanol–water partition coefficient (Wildman–Crippen LogP) is 3.01. The van der Waals surface area contributed by atoms with E-state index in [0.29, 0.717) is 0 Å². The molecule has 2 rings (SSSR count). The second kappa shape index (κ2) is 5.21. The number of rotatable bonds is 3. The largest absolute Gasteiger partial charge is 0.288 e. The first kappa shape index (κ1) is 10.6. The van der Waals surface area contributed by atoms with Gasteiger partial charge < -0.3 is 0 Å². The summed E-state index contributed by atoms with van der Waals surface area (Å²) in [4.78, 5) is 8.35. The lowest BCUT2D eigenvalue weighted by Crippen LogP contribution is -1.85. The molecule has 2 aromatic rings. The van der Waals surface area contributed by atoms with Crippen LogP contribution in [0.2, 0.25) is 0 Å². The van der Waals surface area contributed by atoms with Gasteiger partial charge in [0, 0.05) is 18.6 Å². The summed E-state index contributed by atoms with van der Waals surface area (Å²) in [6, 6.07) is 12.3. The van der Waals surface area contributed by atoms with Gasteiger partial charge in [-0.15, -0.1) is 0 Å². The molecule has 0 spiro atoms. The summed E-state index contributed by atoms with van der Waals surface area (Å²) >= 11 is 0. The Morgan fingerprint density at radius 3 is 2.44 bits per heavy atom. The Hall–Kier alpha value is -1.96. The monoisotopic (exact) mass is 210 g/mol. The van der Waals surface area contributed by atoms with Crippen LogP contribution in [0.3, 0.4) is 0 Å². The Bertz CT molecular complexity index is 458. The van der Waals surface area contributed by atoms with Gasteiger partial charge in [-0.2, -0.15) is 0 Å². The van der Waals surface area contributed by atoms with E-state index in [-0.39, 0.29) is 0 Å². The van der Waals surface area contributed by atoms with E-state index >= 15 is 0 Å². The van der Waals surface area contributed by atoms with Gasteiger partial charge in [0.1, 0.15) is 0 Å². The van der Waals surface area contributed by atoms with E-state index in [1.807, 2.05) is 18.3 Å². The van der Waals surface area contributed by atoms with Gasteiger partial charge in [-0.25, -0.2) is 0 Å². The standard InChI is InChI=1S/C14H14N2/c1-12-2-4-13(5-3-12)10-16-11-14-6-8-15-9-7-14/h2-9,11H,10H2,1H3. The number of nitrogens with zero attached hydrogens (tertiary/aromatic N) is 2. The number of pyridine rings is 1. The topological polar surface area (TPSA) is 25.2 Å². The Morgan fingerprint density at radius 1 is 1.06 bits per heavy atom. The lowest BCUT2D eigenvalue weighted by molar-refractivity contribution is 1.07. The molecular formula is C14H14N2. The van der Waals surface area contributed by atoms with Gasteiger partial charge in [-0.3, -0.25) is 9.98 Å². The molecule has 2 nitrogen and oxygen atoms in total. The molecule has 1 aromatic heterocycles. The van der Waals surface area contributed by atoms with Crippen LogP contribution in [0.5, 0.6) is 0 Å². The molecule has 0 aliphatic carbocycles. The van der Waals surface area contributed by atoms with Crippen molar-refractivity contribution in [3.05, 3.63) is 65.5 Å². The van der Waals surface area contributed by atoms with E-state index < -0.39 is 0 Å². The highest BCUT2D eigenvalue weighted by molar-refractivity contribution is 5.79. The van der Waals surface area contributed by atoms with Crippen LogP contribution in [0.1, 0.15) is 16.7 Å². The molecular weight excluding hydrogens is 196 g/mol. The van der Waals surface area contributed by atoms with Crippen LogP contribution in [-0.2, 0) is 6.54 Å². The van der Waals surface area contributed by atoms with Crippen molar-refractivity contribution in [3.63, 3.8) is 0 Å². The van der Waals surface area contributed by atoms with Gasteiger partial charge in [0.05, 0.1) is 6.54 Å². The summed E-state index contributed by atoms with van der Waals surface area (Å²) in [5.74, 6) is 0. The SMILES string of the molecule is Cc1ccc(CN=Cc2ccncc2)cc1. The van der Waals surface area contributed by atoms with Crippen molar-refractivity contribution in [1.82, 2.24) is 4.98 Å². The third kappa shape index (κ3) is 3.02. The predicted molar refractivity (Wildman–Crippen MR) is 66.7 cm³/mol. The lowest BCUT2D eigenvalue weighted by atomic mass is 10.1. The van der Waals surface area contributed by atoms with Gasteiger partial charge in [0.25, 0.3) is 0 Å². The fourth-order valence-electron chi connectivity index (χ4n) is 1.40. The van der Waals surface area contributed by atoms with Crippen LogP contribution in [0.4, 0.5) is 0 Å². The lowest BCUT2D eigenvalue weighted by Gasteiger charge is -1.97. The average molecular weight is 210 g/mol. The summed E-state index contributed by atoms with van der Waals surface area (Å²) in [6.45, 7) is 2.81. The van der Waals surface area contributed by atoms with Crippen molar-refractivity contribution in [1.29, 1.82) is 0 Å². The second-order valence-electron chi connectivity index (χ2n) is 3.74. The maximum atomic E-state index is 4.39. The average Bonchev–Trinajstić information content (AvgIpc) is 2.33. The summed E-state index contributed by atoms with van der Waals surface area (Å²) in [5, 5.41) is 0. The number of aromatic nitrogens is 1. The molecule has 0 fully saturated rings. The molecule has 2 heteroatoms. The summed E-state index contributed by atoms with van der Waals surface area (Å²) in [7, 11) is 0. The van der Waals surface area contributed by atoms with Crippen molar-refractivity contribution < 1.29 is 0 Å². The first-order valence-corrected chi connectivity index (χ1v) is 5.30. The molecule has 1 aromatic carbocycles. The van der Waals surface area contributed by atoms with Crippen LogP contribution in [0.15, 0.2) is 53.8 Å². The highest BCUT2D eigenvalue weighted by Crippen LogP contribution is 2.04. The molecule has 0 aliphatic rings. The van der Waals surface area contributed by atoms with Gasteiger partial charge >= 0.3 is 0 Å². The van der Waals surface area contributed by atoms with Gasteiger partial charge in [0.15, 0.2) is 0 Å². The Balaban J connectivity index is 1.97. The third-order valence-electron chi connectivity index (χ3n) is 2.34. The van der Waals surface area contributed by atoms with Gasteiger partial charge in [-0.1, -0.05) is 29.8 Å². The van der Waals surface area contributed by atoms with E-state index in [1.165, 1.54) is 11.1 Å². The van der Waals surface area contributed by atoms with Gasteiger partial charge in [0.2, 0.25) is 0 Å². The molecule has 1 heterocycles. The van der Waals surface area contributed by atoms with Crippen LogP contribution in [0.25, 0.3) is 0 Å². The maximum Gasteiger partial charge on any atom is 0.0639 e. The van der Waals surface area contributed by atoms with Crippen LogP contribution in [-0.4, -0.2) is 11.2 Å². The first-order valence-electron chi connectivity index (χ1n) is 5.30. The molecule has 0 amide bonds. The third-order valence-corrected chi connectivity index (χ3v) is 2.34. The van der Waals surface area contributed by atoms with Crippen LogP contribution < -0.4 is 0 Å². The normalized spacial score (nSPS) is 10.8. The van der Waals surface area contributed by atoms with E-state index in [9.17, 15) is 0 Å². The molecule has 16 heavy (non-hydrogen) atoms. The number of aryl methyl sites for hydroxylation is 1. The van der Waals surface area contributed by atoms with Crippen molar-refractivity contribution >= 4 is 6.21 Å². The Morgan fingerprint density at radius 2 is 1.75 bits per heavy atom. The molecule has 0 bridgehead atoms. The molecule has 0 aliphatic heterocycles. The Labute approximate surface area is 95.7 Å². The zero-order valence-electron chi connectivity index (χ0n) is 9.30. The first-order chi connectivity index (χ1) is 7.84.